The number of nitrogens with zero attached hydrogens (tertiary/aromatic N) is 4. The fourth-order valence-electron chi connectivity index (χ4n) is 2.83. The van der Waals surface area contributed by atoms with Crippen LogP contribution in [0.5, 0.6) is 5.75 Å². The Balaban J connectivity index is 1.52. The number of hydrogen-bond donors (Lipinski definition) is 1. The third kappa shape index (κ3) is 5.45. The molecule has 32 heavy (non-hydrogen) atoms. The van der Waals surface area contributed by atoms with Crippen LogP contribution in [0.3, 0.4) is 0 Å². The molecule has 0 atom stereocenters. The number of thioether (sulfide) groups is 1. The van der Waals surface area contributed by atoms with Crippen LogP contribution < -0.4 is 10.2 Å². The fourth-order valence-corrected chi connectivity index (χ4v) is 4.87. The monoisotopic (exact) mass is 527 g/mol. The number of halogens is 1. The first-order valence-corrected chi connectivity index (χ1v) is 12.1. The molecular weight excluding hydrogens is 510 g/mol. The number of benzene rings is 2. The van der Waals surface area contributed by atoms with Crippen LogP contribution in [-0.4, -0.2) is 39.7 Å². The molecule has 0 fully saturated rings. The van der Waals surface area contributed by atoms with Crippen LogP contribution in [-0.2, 0) is 4.79 Å². The van der Waals surface area contributed by atoms with Gasteiger partial charge in [-0.1, -0.05) is 42.1 Å². The maximum Gasteiger partial charge on any atom is 0.250 e. The van der Waals surface area contributed by atoms with Gasteiger partial charge < -0.3 is 4.74 Å². The van der Waals surface area contributed by atoms with Crippen LogP contribution in [0.1, 0.15) is 4.88 Å². The highest BCUT2D eigenvalue weighted by Gasteiger charge is 2.17. The van der Waals surface area contributed by atoms with E-state index in [1.54, 1.807) is 13.3 Å². The van der Waals surface area contributed by atoms with E-state index in [2.05, 4.69) is 36.7 Å². The molecule has 1 amide bonds. The van der Waals surface area contributed by atoms with Gasteiger partial charge >= 0.3 is 0 Å². The van der Waals surface area contributed by atoms with E-state index < -0.39 is 0 Å². The first-order valence-electron chi connectivity index (χ1n) is 9.49. The summed E-state index contributed by atoms with van der Waals surface area (Å²) in [4.78, 5) is 13.2. The highest BCUT2D eigenvalue weighted by atomic mass is 79.9. The highest BCUT2D eigenvalue weighted by molar-refractivity contribution is 9.11. The van der Waals surface area contributed by atoms with E-state index in [-0.39, 0.29) is 11.7 Å². The van der Waals surface area contributed by atoms with Gasteiger partial charge in [0.2, 0.25) is 0 Å². The molecule has 7 nitrogen and oxygen atoms in total. The molecule has 0 saturated carbocycles. The lowest BCUT2D eigenvalue weighted by molar-refractivity contribution is -0.118. The van der Waals surface area contributed by atoms with Crippen molar-refractivity contribution in [3.8, 4) is 22.8 Å². The van der Waals surface area contributed by atoms with Gasteiger partial charge in [0.25, 0.3) is 5.91 Å². The Morgan fingerprint density at radius 3 is 2.62 bits per heavy atom. The third-order valence-corrected chi connectivity index (χ3v) is 6.79. The molecule has 0 saturated heterocycles. The summed E-state index contributed by atoms with van der Waals surface area (Å²) in [6, 6.07) is 21.3. The van der Waals surface area contributed by atoms with Crippen molar-refractivity contribution < 1.29 is 9.53 Å². The number of thiophene rings is 1. The van der Waals surface area contributed by atoms with Gasteiger partial charge in [0, 0.05) is 16.1 Å². The largest absolute Gasteiger partial charge is 0.497 e. The van der Waals surface area contributed by atoms with E-state index >= 15 is 0 Å². The van der Waals surface area contributed by atoms with Crippen molar-refractivity contribution in [2.45, 2.75) is 5.16 Å². The quantitative estimate of drug-likeness (QED) is 0.198. The van der Waals surface area contributed by atoms with Gasteiger partial charge in [0.1, 0.15) is 5.75 Å². The van der Waals surface area contributed by atoms with Crippen molar-refractivity contribution in [3.63, 3.8) is 0 Å². The number of hydrogen-bond acceptors (Lipinski definition) is 7. The number of nitrogens with one attached hydrogen (secondary N) is 1. The maximum absolute atomic E-state index is 12.3. The number of carbonyl (C=O) groups is 1. The van der Waals surface area contributed by atoms with Crippen LogP contribution in [0.2, 0.25) is 0 Å². The molecule has 0 unspecified atom stereocenters. The number of rotatable bonds is 8. The van der Waals surface area contributed by atoms with Crippen LogP contribution in [0, 0.1) is 0 Å². The zero-order valence-corrected chi connectivity index (χ0v) is 20.2. The van der Waals surface area contributed by atoms with E-state index in [0.29, 0.717) is 11.0 Å². The Morgan fingerprint density at radius 1 is 1.16 bits per heavy atom. The molecule has 10 heteroatoms. The van der Waals surface area contributed by atoms with Gasteiger partial charge in [-0.2, -0.15) is 5.10 Å². The summed E-state index contributed by atoms with van der Waals surface area (Å²) in [6.07, 6.45) is 1.62. The molecule has 2 heterocycles. The lowest BCUT2D eigenvalue weighted by Gasteiger charge is -2.11. The summed E-state index contributed by atoms with van der Waals surface area (Å²) in [5.41, 5.74) is 4.35. The molecule has 0 aliphatic heterocycles. The fraction of sp³-hybridized carbons (Fsp3) is 0.0909. The van der Waals surface area contributed by atoms with Crippen molar-refractivity contribution >= 4 is 51.2 Å². The zero-order valence-electron chi connectivity index (χ0n) is 16.9. The summed E-state index contributed by atoms with van der Waals surface area (Å²) in [6.45, 7) is 0. The first-order chi connectivity index (χ1) is 15.6. The Kier molecular flexibility index (Phi) is 7.35. The average molecular weight is 528 g/mol. The number of amides is 1. The van der Waals surface area contributed by atoms with Gasteiger partial charge in [0.15, 0.2) is 11.0 Å². The molecule has 4 rings (SSSR count). The van der Waals surface area contributed by atoms with Gasteiger partial charge in [0.05, 0.1) is 22.9 Å². The summed E-state index contributed by atoms with van der Waals surface area (Å²) in [7, 11) is 1.63. The summed E-state index contributed by atoms with van der Waals surface area (Å²) >= 11 is 6.23. The summed E-state index contributed by atoms with van der Waals surface area (Å²) < 4.78 is 8.20. The minimum absolute atomic E-state index is 0.147. The van der Waals surface area contributed by atoms with E-state index in [4.69, 9.17) is 4.74 Å². The normalized spacial score (nSPS) is 11.1. The van der Waals surface area contributed by atoms with Crippen molar-refractivity contribution in [2.75, 3.05) is 12.9 Å². The minimum Gasteiger partial charge on any atom is -0.497 e. The van der Waals surface area contributed by atoms with Gasteiger partial charge in [-0.3, -0.25) is 9.36 Å². The SMILES string of the molecule is COc1ccc(-n2c(SCC(=O)NN=Cc3ccc(Br)s3)nnc2-c2ccccc2)cc1. The molecule has 0 spiro atoms. The molecule has 0 bridgehead atoms. The van der Waals surface area contributed by atoms with Crippen LogP contribution in [0.4, 0.5) is 0 Å². The second kappa shape index (κ2) is 10.6. The Hall–Kier alpha value is -2.95. The number of carbonyl (C=O) groups excluding carboxylic acids is 1. The van der Waals surface area contributed by atoms with E-state index in [9.17, 15) is 4.79 Å². The lowest BCUT2D eigenvalue weighted by atomic mass is 10.2. The number of methoxy groups -OCH3 is 1. The lowest BCUT2D eigenvalue weighted by Crippen LogP contribution is -2.19. The topological polar surface area (TPSA) is 81.4 Å². The predicted molar refractivity (Wildman–Crippen MR) is 132 cm³/mol. The number of aromatic nitrogens is 3. The molecule has 1 N–H and O–H groups in total. The third-order valence-electron chi connectivity index (χ3n) is 4.30. The van der Waals surface area contributed by atoms with Gasteiger partial charge in [-0.25, -0.2) is 5.43 Å². The van der Waals surface area contributed by atoms with Crippen LogP contribution >= 0.6 is 39.0 Å². The number of ether oxygens (including phenoxy) is 1. The summed E-state index contributed by atoms with van der Waals surface area (Å²) in [5.74, 6) is 1.37. The molecule has 4 aromatic rings. The second-order valence-corrected chi connectivity index (χ2v) is 9.87. The molecule has 2 aromatic carbocycles. The number of hydrazone groups is 1. The first kappa shape index (κ1) is 22.3. The van der Waals surface area contributed by atoms with Crippen LogP contribution in [0.15, 0.2) is 80.8 Å². The molecule has 2 aromatic heterocycles. The molecule has 0 radical (unpaired) electrons. The zero-order chi connectivity index (χ0) is 22.3. The second-order valence-electron chi connectivity index (χ2n) is 6.43. The molecule has 162 valence electrons. The highest BCUT2D eigenvalue weighted by Crippen LogP contribution is 2.28. The minimum atomic E-state index is -0.229. The summed E-state index contributed by atoms with van der Waals surface area (Å²) in [5, 5.41) is 13.3. The Labute approximate surface area is 201 Å². The molecular formula is C22H18BrN5O2S2. The Bertz CT molecular complexity index is 1220. The van der Waals surface area contributed by atoms with Gasteiger partial charge in [-0.05, 0) is 52.3 Å². The standard InChI is InChI=1S/C22H18BrN5O2S2/c1-30-17-9-7-16(8-10-17)28-21(15-5-3-2-4-6-15)26-27-22(28)31-14-20(29)25-24-13-18-11-12-19(23)32-18/h2-13H,14H2,1H3,(H,25,29). The smallest absolute Gasteiger partial charge is 0.250 e. The van der Waals surface area contributed by atoms with Gasteiger partial charge in [-0.15, -0.1) is 21.5 Å². The average Bonchev–Trinajstić information content (AvgIpc) is 3.44. The van der Waals surface area contributed by atoms with E-state index in [1.165, 1.54) is 23.1 Å². The van der Waals surface area contributed by atoms with Crippen LogP contribution in [0.25, 0.3) is 17.1 Å². The van der Waals surface area contributed by atoms with Crippen molar-refractivity contribution in [1.82, 2.24) is 20.2 Å². The maximum atomic E-state index is 12.3. The molecule has 0 aliphatic carbocycles. The van der Waals surface area contributed by atoms with Crippen molar-refractivity contribution in [1.29, 1.82) is 0 Å². The predicted octanol–water partition coefficient (Wildman–Crippen LogP) is 5.01. The Morgan fingerprint density at radius 2 is 1.94 bits per heavy atom. The van der Waals surface area contributed by atoms with E-state index in [0.717, 1.165) is 25.7 Å². The van der Waals surface area contributed by atoms with Crippen molar-refractivity contribution in [3.05, 3.63) is 75.4 Å². The van der Waals surface area contributed by atoms with E-state index in [1.807, 2.05) is 71.3 Å². The van der Waals surface area contributed by atoms with Crippen molar-refractivity contribution in [2.24, 2.45) is 5.10 Å². The molecule has 0 aliphatic rings.